The van der Waals surface area contributed by atoms with Crippen LogP contribution in [0.1, 0.15) is 19.8 Å². The van der Waals surface area contributed by atoms with E-state index in [4.69, 9.17) is 32.7 Å². The summed E-state index contributed by atoms with van der Waals surface area (Å²) in [6.07, 6.45) is -0.333. The molecule has 0 aliphatic rings. The zero-order chi connectivity index (χ0) is 18.9. The number of ether oxygens (including phenoxy) is 2. The second kappa shape index (κ2) is 10.0. The van der Waals surface area contributed by atoms with Crippen LogP contribution in [0.15, 0.2) is 48.5 Å². The third-order valence-corrected chi connectivity index (χ3v) is 4.06. The smallest absolute Gasteiger partial charge is 0.306 e. The fraction of sp³-hybridized carbons (Fsp3) is 0.263. The van der Waals surface area contributed by atoms with E-state index in [0.717, 1.165) is 5.75 Å². The second-order valence-electron chi connectivity index (χ2n) is 5.48. The highest BCUT2D eigenvalue weighted by Crippen LogP contribution is 2.29. The van der Waals surface area contributed by atoms with Crippen molar-refractivity contribution in [1.29, 1.82) is 0 Å². The standard InChI is InChI=1S/C19H19Cl2NO4/c1-13(19(24)22-18-15(20)9-5-10-16(18)21)26-17(23)11-6-12-25-14-7-3-2-4-8-14/h2-5,7-10,13H,6,11-12H2,1H3,(H,22,24)/t13-/m1/s1. The molecular weight excluding hydrogens is 377 g/mol. The van der Waals surface area contributed by atoms with Gasteiger partial charge in [0.25, 0.3) is 5.91 Å². The number of nitrogens with one attached hydrogen (secondary N) is 1. The minimum Gasteiger partial charge on any atom is -0.494 e. The van der Waals surface area contributed by atoms with Gasteiger partial charge in [-0.1, -0.05) is 47.5 Å². The van der Waals surface area contributed by atoms with Crippen LogP contribution in [-0.2, 0) is 14.3 Å². The third-order valence-electron chi connectivity index (χ3n) is 3.43. The van der Waals surface area contributed by atoms with Gasteiger partial charge in [0, 0.05) is 6.42 Å². The van der Waals surface area contributed by atoms with Crippen molar-refractivity contribution in [3.8, 4) is 5.75 Å². The van der Waals surface area contributed by atoms with E-state index < -0.39 is 18.0 Å². The summed E-state index contributed by atoms with van der Waals surface area (Å²) in [6.45, 7) is 1.87. The van der Waals surface area contributed by atoms with Crippen LogP contribution in [0.4, 0.5) is 5.69 Å². The van der Waals surface area contributed by atoms with E-state index in [0.29, 0.717) is 28.8 Å². The number of carbonyl (C=O) groups excluding carboxylic acids is 2. The molecule has 26 heavy (non-hydrogen) atoms. The maximum Gasteiger partial charge on any atom is 0.306 e. The molecule has 0 saturated carbocycles. The Bertz CT molecular complexity index is 732. The molecule has 138 valence electrons. The van der Waals surface area contributed by atoms with Crippen LogP contribution in [0, 0.1) is 0 Å². The Morgan fingerprint density at radius 3 is 2.35 bits per heavy atom. The molecule has 0 spiro atoms. The van der Waals surface area contributed by atoms with Gasteiger partial charge in [-0.2, -0.15) is 0 Å². The Morgan fingerprint density at radius 1 is 1.04 bits per heavy atom. The molecule has 0 aromatic heterocycles. The summed E-state index contributed by atoms with van der Waals surface area (Å²) < 4.78 is 10.6. The molecule has 0 bridgehead atoms. The van der Waals surface area contributed by atoms with Gasteiger partial charge in [-0.15, -0.1) is 0 Å². The van der Waals surface area contributed by atoms with E-state index >= 15 is 0 Å². The average Bonchev–Trinajstić information content (AvgIpc) is 2.62. The van der Waals surface area contributed by atoms with Gasteiger partial charge in [0.2, 0.25) is 0 Å². The molecule has 0 heterocycles. The predicted octanol–water partition coefficient (Wildman–Crippen LogP) is 4.72. The minimum absolute atomic E-state index is 0.150. The average molecular weight is 396 g/mol. The summed E-state index contributed by atoms with van der Waals surface area (Å²) in [4.78, 5) is 24.0. The van der Waals surface area contributed by atoms with Crippen LogP contribution in [-0.4, -0.2) is 24.6 Å². The number of rotatable bonds is 8. The van der Waals surface area contributed by atoms with Gasteiger partial charge in [-0.25, -0.2) is 0 Å². The highest BCUT2D eigenvalue weighted by molar-refractivity contribution is 6.39. The zero-order valence-electron chi connectivity index (χ0n) is 14.2. The number of carbonyl (C=O) groups is 2. The second-order valence-corrected chi connectivity index (χ2v) is 6.30. The number of hydrogen-bond donors (Lipinski definition) is 1. The molecule has 2 aromatic rings. The minimum atomic E-state index is -0.968. The van der Waals surface area contributed by atoms with Crippen LogP contribution in [0.3, 0.4) is 0 Å². The van der Waals surface area contributed by atoms with Crippen molar-refractivity contribution < 1.29 is 19.1 Å². The number of halogens is 2. The van der Waals surface area contributed by atoms with Gasteiger partial charge in [-0.05, 0) is 37.6 Å². The lowest BCUT2D eigenvalue weighted by molar-refractivity contribution is -0.153. The predicted molar refractivity (Wildman–Crippen MR) is 102 cm³/mol. The Kier molecular flexibility index (Phi) is 7.75. The summed E-state index contributed by atoms with van der Waals surface area (Å²) in [7, 11) is 0. The summed E-state index contributed by atoms with van der Waals surface area (Å²) in [5, 5.41) is 3.18. The maximum absolute atomic E-state index is 12.1. The number of benzene rings is 2. The summed E-state index contributed by atoms with van der Waals surface area (Å²) in [5.41, 5.74) is 0.292. The Balaban J connectivity index is 1.73. The van der Waals surface area contributed by atoms with Crippen molar-refractivity contribution in [2.75, 3.05) is 11.9 Å². The van der Waals surface area contributed by atoms with Crippen LogP contribution >= 0.6 is 23.2 Å². The number of esters is 1. The van der Waals surface area contributed by atoms with Gasteiger partial charge in [0.1, 0.15) is 5.75 Å². The largest absolute Gasteiger partial charge is 0.494 e. The van der Waals surface area contributed by atoms with E-state index in [1.54, 1.807) is 18.2 Å². The van der Waals surface area contributed by atoms with Crippen molar-refractivity contribution in [3.63, 3.8) is 0 Å². The highest BCUT2D eigenvalue weighted by atomic mass is 35.5. The van der Waals surface area contributed by atoms with Crippen molar-refractivity contribution in [2.45, 2.75) is 25.9 Å². The fourth-order valence-corrected chi connectivity index (χ4v) is 2.57. The summed E-state index contributed by atoms with van der Waals surface area (Å²) in [5.74, 6) is -0.242. The normalized spacial score (nSPS) is 11.5. The van der Waals surface area contributed by atoms with Crippen LogP contribution in [0.5, 0.6) is 5.75 Å². The number of hydrogen-bond acceptors (Lipinski definition) is 4. The number of para-hydroxylation sites is 2. The van der Waals surface area contributed by atoms with E-state index in [-0.39, 0.29) is 6.42 Å². The lowest BCUT2D eigenvalue weighted by Gasteiger charge is -2.15. The van der Waals surface area contributed by atoms with Crippen molar-refractivity contribution >= 4 is 40.8 Å². The first-order chi connectivity index (χ1) is 12.5. The molecule has 5 nitrogen and oxygen atoms in total. The topological polar surface area (TPSA) is 64.6 Å². The molecule has 0 unspecified atom stereocenters. The monoisotopic (exact) mass is 395 g/mol. The van der Waals surface area contributed by atoms with Crippen LogP contribution in [0.2, 0.25) is 10.0 Å². The van der Waals surface area contributed by atoms with Gasteiger partial charge in [-0.3, -0.25) is 9.59 Å². The highest BCUT2D eigenvalue weighted by Gasteiger charge is 2.19. The first-order valence-corrected chi connectivity index (χ1v) is 8.85. The van der Waals surface area contributed by atoms with Gasteiger partial charge < -0.3 is 14.8 Å². The lowest BCUT2D eigenvalue weighted by Crippen LogP contribution is -2.30. The molecular formula is C19H19Cl2NO4. The first-order valence-electron chi connectivity index (χ1n) is 8.09. The third kappa shape index (κ3) is 6.24. The van der Waals surface area contributed by atoms with Crippen molar-refractivity contribution in [2.24, 2.45) is 0 Å². The van der Waals surface area contributed by atoms with E-state index in [2.05, 4.69) is 5.32 Å². The molecule has 0 aliphatic carbocycles. The van der Waals surface area contributed by atoms with Crippen molar-refractivity contribution in [1.82, 2.24) is 0 Å². The molecule has 1 N–H and O–H groups in total. The molecule has 0 saturated heterocycles. The summed E-state index contributed by atoms with van der Waals surface area (Å²) >= 11 is 12.0. The Hall–Kier alpha value is -2.24. The summed E-state index contributed by atoms with van der Waals surface area (Å²) in [6, 6.07) is 14.2. The fourth-order valence-electron chi connectivity index (χ4n) is 2.07. The Labute approximate surface area is 162 Å². The van der Waals surface area contributed by atoms with Gasteiger partial charge in [0.15, 0.2) is 6.10 Å². The van der Waals surface area contributed by atoms with E-state index in [9.17, 15) is 9.59 Å². The van der Waals surface area contributed by atoms with Crippen LogP contribution < -0.4 is 10.1 Å². The number of amides is 1. The van der Waals surface area contributed by atoms with Crippen molar-refractivity contribution in [3.05, 3.63) is 58.6 Å². The van der Waals surface area contributed by atoms with E-state index in [1.807, 2.05) is 30.3 Å². The molecule has 0 aliphatic heterocycles. The first kappa shape index (κ1) is 20.1. The maximum atomic E-state index is 12.1. The quantitative estimate of drug-likeness (QED) is 0.518. The lowest BCUT2D eigenvalue weighted by atomic mass is 10.3. The molecule has 2 rings (SSSR count). The zero-order valence-corrected chi connectivity index (χ0v) is 15.7. The molecule has 7 heteroatoms. The van der Waals surface area contributed by atoms with Crippen LogP contribution in [0.25, 0.3) is 0 Å². The molecule has 0 fully saturated rings. The van der Waals surface area contributed by atoms with E-state index in [1.165, 1.54) is 6.92 Å². The molecule has 1 amide bonds. The van der Waals surface area contributed by atoms with Gasteiger partial charge >= 0.3 is 5.97 Å². The Morgan fingerprint density at radius 2 is 1.69 bits per heavy atom. The molecule has 1 atom stereocenters. The molecule has 0 radical (unpaired) electrons. The van der Waals surface area contributed by atoms with Gasteiger partial charge in [0.05, 0.1) is 22.3 Å². The molecule has 2 aromatic carbocycles. The SMILES string of the molecule is C[C@@H](OC(=O)CCCOc1ccccc1)C(=O)Nc1c(Cl)cccc1Cl. The number of anilines is 1.